The molecule has 0 aliphatic rings. The third-order valence-corrected chi connectivity index (χ3v) is 2.53. The van der Waals surface area contributed by atoms with E-state index in [1.807, 2.05) is 6.07 Å². The van der Waals surface area contributed by atoms with Crippen molar-refractivity contribution >= 4 is 5.69 Å². The molecule has 0 atom stereocenters. The second-order valence-corrected chi connectivity index (χ2v) is 3.89. The van der Waals surface area contributed by atoms with Gasteiger partial charge in [-0.25, -0.2) is 0 Å². The van der Waals surface area contributed by atoms with Gasteiger partial charge < -0.3 is 15.2 Å². The number of halogens is 2. The first-order chi connectivity index (χ1) is 9.15. The smallest absolute Gasteiger partial charge is 0.387 e. The molecule has 2 aromatic rings. The zero-order chi connectivity index (χ0) is 13.7. The summed E-state index contributed by atoms with van der Waals surface area (Å²) in [5, 5.41) is 12.6. The van der Waals surface area contributed by atoms with Crippen LogP contribution in [0.25, 0.3) is 0 Å². The molecule has 0 spiro atoms. The van der Waals surface area contributed by atoms with Crippen molar-refractivity contribution in [3.05, 3.63) is 54.1 Å². The van der Waals surface area contributed by atoms with Gasteiger partial charge >= 0.3 is 6.61 Å². The van der Waals surface area contributed by atoms with E-state index in [2.05, 4.69) is 10.1 Å². The molecule has 0 aromatic heterocycles. The molecule has 0 aliphatic carbocycles. The first-order valence-corrected chi connectivity index (χ1v) is 5.71. The minimum Gasteiger partial charge on any atom is -0.508 e. The third-order valence-electron chi connectivity index (χ3n) is 2.53. The monoisotopic (exact) mass is 265 g/mol. The molecule has 0 unspecified atom stereocenters. The maximum Gasteiger partial charge on any atom is 0.387 e. The Morgan fingerprint density at radius 1 is 1.11 bits per heavy atom. The number of para-hydroxylation sites is 1. The molecule has 2 aromatic carbocycles. The van der Waals surface area contributed by atoms with E-state index in [4.69, 9.17) is 0 Å². The van der Waals surface area contributed by atoms with Gasteiger partial charge in [0.2, 0.25) is 0 Å². The zero-order valence-corrected chi connectivity index (χ0v) is 10.0. The van der Waals surface area contributed by atoms with Crippen molar-refractivity contribution in [1.29, 1.82) is 0 Å². The Kier molecular flexibility index (Phi) is 4.18. The van der Waals surface area contributed by atoms with Crippen LogP contribution < -0.4 is 10.1 Å². The molecule has 0 saturated carbocycles. The van der Waals surface area contributed by atoms with Gasteiger partial charge in [0.25, 0.3) is 0 Å². The van der Waals surface area contributed by atoms with Crippen LogP contribution in [0.5, 0.6) is 11.5 Å². The molecule has 0 radical (unpaired) electrons. The maximum absolute atomic E-state index is 12.1. The summed E-state index contributed by atoms with van der Waals surface area (Å²) < 4.78 is 28.5. The van der Waals surface area contributed by atoms with Gasteiger partial charge in [-0.3, -0.25) is 0 Å². The van der Waals surface area contributed by atoms with Crippen LogP contribution in [0, 0.1) is 0 Å². The van der Waals surface area contributed by atoms with Crippen LogP contribution in [-0.4, -0.2) is 11.7 Å². The lowest BCUT2D eigenvalue weighted by atomic mass is 10.2. The van der Waals surface area contributed by atoms with E-state index in [0.29, 0.717) is 12.2 Å². The van der Waals surface area contributed by atoms with Crippen molar-refractivity contribution < 1.29 is 18.6 Å². The van der Waals surface area contributed by atoms with Crippen LogP contribution in [-0.2, 0) is 6.54 Å². The highest BCUT2D eigenvalue weighted by atomic mass is 19.3. The number of ether oxygens (including phenoxy) is 1. The van der Waals surface area contributed by atoms with Gasteiger partial charge in [0, 0.05) is 23.9 Å². The number of hydrogen-bond donors (Lipinski definition) is 2. The summed E-state index contributed by atoms with van der Waals surface area (Å²) >= 11 is 0. The molecule has 3 nitrogen and oxygen atoms in total. The third kappa shape index (κ3) is 3.84. The number of phenols is 1. The van der Waals surface area contributed by atoms with Gasteiger partial charge in [-0.2, -0.15) is 8.78 Å². The lowest BCUT2D eigenvalue weighted by Crippen LogP contribution is -2.03. The molecule has 100 valence electrons. The summed E-state index contributed by atoms with van der Waals surface area (Å²) in [5.74, 6) is 0.285. The van der Waals surface area contributed by atoms with Crippen LogP contribution >= 0.6 is 0 Å². The largest absolute Gasteiger partial charge is 0.508 e. The van der Waals surface area contributed by atoms with Gasteiger partial charge in [-0.05, 0) is 18.2 Å². The maximum atomic E-state index is 12.1. The number of hydrogen-bond acceptors (Lipinski definition) is 3. The minimum atomic E-state index is -2.84. The molecular formula is C14H13F2NO2. The fourth-order valence-corrected chi connectivity index (χ4v) is 1.64. The average molecular weight is 265 g/mol. The molecule has 2 rings (SSSR count). The van der Waals surface area contributed by atoms with E-state index < -0.39 is 6.61 Å². The number of nitrogens with one attached hydrogen (secondary N) is 1. The predicted octanol–water partition coefficient (Wildman–Crippen LogP) is 3.61. The number of phenolic OH excluding ortho intramolecular Hbond substituents is 1. The van der Waals surface area contributed by atoms with Gasteiger partial charge in [-0.15, -0.1) is 0 Å². The molecule has 0 heterocycles. The Labute approximate surface area is 109 Å². The second-order valence-electron chi connectivity index (χ2n) is 3.89. The normalized spacial score (nSPS) is 10.5. The van der Waals surface area contributed by atoms with E-state index in [-0.39, 0.29) is 11.5 Å². The average Bonchev–Trinajstić information content (AvgIpc) is 2.37. The summed E-state index contributed by atoms with van der Waals surface area (Å²) in [4.78, 5) is 0. The SMILES string of the molecule is Oc1ccccc1CNc1cccc(OC(F)F)c1. The van der Waals surface area contributed by atoms with Crippen LogP contribution in [0.1, 0.15) is 5.56 Å². The van der Waals surface area contributed by atoms with Crippen molar-refractivity contribution in [1.82, 2.24) is 0 Å². The Morgan fingerprint density at radius 2 is 1.89 bits per heavy atom. The topological polar surface area (TPSA) is 41.5 Å². The summed E-state index contributed by atoms with van der Waals surface area (Å²) in [7, 11) is 0. The number of anilines is 1. The van der Waals surface area contributed by atoms with Crippen molar-refractivity contribution in [2.24, 2.45) is 0 Å². The van der Waals surface area contributed by atoms with Gasteiger partial charge in [-0.1, -0.05) is 24.3 Å². The molecule has 0 bridgehead atoms. The van der Waals surface area contributed by atoms with Crippen molar-refractivity contribution in [3.63, 3.8) is 0 Å². The first kappa shape index (κ1) is 13.1. The Morgan fingerprint density at radius 3 is 2.63 bits per heavy atom. The van der Waals surface area contributed by atoms with Crippen molar-refractivity contribution in [2.75, 3.05) is 5.32 Å². The molecule has 0 saturated heterocycles. The van der Waals surface area contributed by atoms with Crippen LogP contribution in [0.3, 0.4) is 0 Å². The van der Waals surface area contributed by atoms with E-state index >= 15 is 0 Å². The lowest BCUT2D eigenvalue weighted by Gasteiger charge is -2.10. The van der Waals surface area contributed by atoms with Crippen molar-refractivity contribution in [2.45, 2.75) is 13.2 Å². The van der Waals surface area contributed by atoms with E-state index in [1.54, 1.807) is 30.3 Å². The first-order valence-electron chi connectivity index (χ1n) is 5.71. The molecule has 5 heteroatoms. The number of alkyl halides is 2. The molecule has 0 amide bonds. The molecular weight excluding hydrogens is 252 g/mol. The van der Waals surface area contributed by atoms with Gasteiger partial charge in [0.15, 0.2) is 0 Å². The summed E-state index contributed by atoms with van der Waals surface area (Å²) in [6, 6.07) is 13.2. The van der Waals surface area contributed by atoms with E-state index in [9.17, 15) is 13.9 Å². The molecule has 0 aliphatic heterocycles. The van der Waals surface area contributed by atoms with E-state index in [1.165, 1.54) is 12.1 Å². The summed E-state index contributed by atoms with van der Waals surface area (Å²) in [6.45, 7) is -2.45. The quantitative estimate of drug-likeness (QED) is 0.867. The van der Waals surface area contributed by atoms with Gasteiger partial charge in [0.1, 0.15) is 11.5 Å². The zero-order valence-electron chi connectivity index (χ0n) is 10.0. The highest BCUT2D eigenvalue weighted by molar-refractivity contribution is 5.49. The number of aromatic hydroxyl groups is 1. The van der Waals surface area contributed by atoms with Crippen molar-refractivity contribution in [3.8, 4) is 11.5 Å². The Hall–Kier alpha value is -2.30. The highest BCUT2D eigenvalue weighted by Crippen LogP contribution is 2.21. The standard InChI is InChI=1S/C14H13F2NO2/c15-14(16)19-12-6-3-5-11(8-12)17-9-10-4-1-2-7-13(10)18/h1-8,14,17-18H,9H2. The summed E-state index contributed by atoms with van der Waals surface area (Å²) in [6.07, 6.45) is 0. The van der Waals surface area contributed by atoms with Crippen LogP contribution in [0.4, 0.5) is 14.5 Å². The van der Waals surface area contributed by atoms with E-state index in [0.717, 1.165) is 5.56 Å². The fourth-order valence-electron chi connectivity index (χ4n) is 1.64. The molecule has 0 fully saturated rings. The Bertz CT molecular complexity index is 546. The highest BCUT2D eigenvalue weighted by Gasteiger charge is 2.05. The molecule has 19 heavy (non-hydrogen) atoms. The predicted molar refractivity (Wildman–Crippen MR) is 68.5 cm³/mol. The van der Waals surface area contributed by atoms with Crippen LogP contribution in [0.15, 0.2) is 48.5 Å². The lowest BCUT2D eigenvalue weighted by molar-refractivity contribution is -0.0498. The number of rotatable bonds is 5. The minimum absolute atomic E-state index is 0.0947. The second kappa shape index (κ2) is 6.04. The summed E-state index contributed by atoms with van der Waals surface area (Å²) in [5.41, 5.74) is 1.36. The Balaban J connectivity index is 2.02. The van der Waals surface area contributed by atoms with Crippen LogP contribution in [0.2, 0.25) is 0 Å². The number of benzene rings is 2. The van der Waals surface area contributed by atoms with Gasteiger partial charge in [0.05, 0.1) is 0 Å². The molecule has 2 N–H and O–H groups in total. The fraction of sp³-hybridized carbons (Fsp3) is 0.143.